The van der Waals surface area contributed by atoms with Crippen LogP contribution in [0.5, 0.6) is 0 Å². The van der Waals surface area contributed by atoms with E-state index in [2.05, 4.69) is 20.5 Å². The van der Waals surface area contributed by atoms with Crippen LogP contribution in [0.25, 0.3) is 0 Å². The summed E-state index contributed by atoms with van der Waals surface area (Å²) < 4.78 is 36.6. The van der Waals surface area contributed by atoms with Crippen molar-refractivity contribution in [3.63, 3.8) is 0 Å². The molecule has 0 unspecified atom stereocenters. The van der Waals surface area contributed by atoms with Crippen LogP contribution in [0.2, 0.25) is 0 Å². The second-order valence-corrected chi connectivity index (χ2v) is 2.60. The van der Waals surface area contributed by atoms with E-state index in [1.807, 2.05) is 0 Å². The quantitative estimate of drug-likeness (QED) is 0.500. The molecule has 0 aromatic heterocycles. The van der Waals surface area contributed by atoms with Crippen LogP contribution in [-0.2, 0) is 22.5 Å². The Bertz CT molecular complexity index is 297. The molecule has 0 spiro atoms. The van der Waals surface area contributed by atoms with Crippen LogP contribution in [0.3, 0.4) is 0 Å². The molecule has 0 radical (unpaired) electrons. The summed E-state index contributed by atoms with van der Waals surface area (Å²) in [7, 11) is 0. The maximum absolute atomic E-state index is 12.2. The first-order valence-electron chi connectivity index (χ1n) is 3.68. The van der Waals surface area contributed by atoms with E-state index in [1.165, 1.54) is 22.4 Å². The molecule has 14 heavy (non-hydrogen) atoms. The molecule has 0 bridgehead atoms. The molecule has 0 aliphatic rings. The summed E-state index contributed by atoms with van der Waals surface area (Å²) in [6.07, 6.45) is -4.29. The molecule has 0 aliphatic heterocycles. The second kappa shape index (κ2) is 5.77. The van der Waals surface area contributed by atoms with Crippen molar-refractivity contribution >= 4 is 13.6 Å². The van der Waals surface area contributed by atoms with Crippen LogP contribution < -0.4 is 0 Å². The molecular formula is C9H8BrF3Zn. The van der Waals surface area contributed by atoms with Gasteiger partial charge >= 0.3 is 36.1 Å². The molecule has 1 rings (SSSR count). The fourth-order valence-corrected chi connectivity index (χ4v) is 0.968. The van der Waals surface area contributed by atoms with Crippen LogP contribution in [0.15, 0.2) is 18.2 Å². The molecule has 0 aliphatic carbocycles. The molecule has 0 fully saturated rings. The van der Waals surface area contributed by atoms with Gasteiger partial charge in [0, 0.05) is 0 Å². The van der Waals surface area contributed by atoms with Crippen LogP contribution in [0, 0.1) is 13.8 Å². The molecular weight excluding hydrogens is 310 g/mol. The van der Waals surface area contributed by atoms with E-state index >= 15 is 0 Å². The summed E-state index contributed by atoms with van der Waals surface area (Å²) in [5.41, 5.74) is -0.0303. The van der Waals surface area contributed by atoms with Gasteiger partial charge in [0.25, 0.3) is 0 Å². The first-order chi connectivity index (χ1) is 6.43. The van der Waals surface area contributed by atoms with Gasteiger partial charge in [-0.3, -0.25) is 0 Å². The van der Waals surface area contributed by atoms with E-state index in [1.54, 1.807) is 13.0 Å². The minimum absolute atomic E-state index is 0.0602. The Morgan fingerprint density at radius 1 is 1.29 bits per heavy atom. The van der Waals surface area contributed by atoms with E-state index in [0.29, 0.717) is 5.56 Å². The second-order valence-electron chi connectivity index (χ2n) is 2.60. The number of halogens is 4. The molecule has 74 valence electrons. The van der Waals surface area contributed by atoms with Gasteiger partial charge in [-0.1, -0.05) is 13.0 Å². The van der Waals surface area contributed by atoms with Gasteiger partial charge in [-0.2, -0.15) is 31.2 Å². The van der Waals surface area contributed by atoms with E-state index in [9.17, 15) is 13.2 Å². The van der Waals surface area contributed by atoms with Crippen molar-refractivity contribution in [2.24, 2.45) is 0 Å². The molecule has 0 saturated heterocycles. The molecule has 1 aromatic carbocycles. The van der Waals surface area contributed by atoms with Crippen molar-refractivity contribution in [3.8, 4) is 0 Å². The average molecular weight is 318 g/mol. The van der Waals surface area contributed by atoms with Gasteiger partial charge in [0.2, 0.25) is 0 Å². The fraction of sp³-hybridized carbons (Fsp3) is 0.222. The molecule has 0 N–H and O–H groups in total. The summed E-state index contributed by atoms with van der Waals surface area (Å²) in [6.45, 7) is 4.98. The standard InChI is InChI=1S/C9H8F3.BrH.Zn/c1-6-4-3-5-8(7(6)2)9(10,11)12;;/h3-5H,2H2,1H3;1H;/q-1;;+2/p-1. The molecule has 0 amide bonds. The number of aryl methyl sites for hydroxylation is 1. The van der Waals surface area contributed by atoms with Crippen molar-refractivity contribution in [2.45, 2.75) is 13.1 Å². The van der Waals surface area contributed by atoms with Crippen molar-refractivity contribution in [1.82, 2.24) is 0 Å². The van der Waals surface area contributed by atoms with E-state index < -0.39 is 11.7 Å². The maximum atomic E-state index is 12.2. The molecule has 0 heterocycles. The van der Waals surface area contributed by atoms with Crippen molar-refractivity contribution < 1.29 is 29.5 Å². The Kier molecular flexibility index (Phi) is 5.76. The van der Waals surface area contributed by atoms with Crippen molar-refractivity contribution in [3.05, 3.63) is 41.8 Å². The van der Waals surface area contributed by atoms with E-state index in [4.69, 9.17) is 0 Å². The Morgan fingerprint density at radius 3 is 2.14 bits per heavy atom. The summed E-state index contributed by atoms with van der Waals surface area (Å²) in [6, 6.07) is 4.03. The third kappa shape index (κ3) is 3.62. The third-order valence-electron chi connectivity index (χ3n) is 1.72. The van der Waals surface area contributed by atoms with Gasteiger partial charge < -0.3 is 0 Å². The molecule has 1 aromatic rings. The third-order valence-corrected chi connectivity index (χ3v) is 1.72. The first kappa shape index (κ1) is 14.0. The summed E-state index contributed by atoms with van der Waals surface area (Å²) >= 11 is 4.25. The molecule has 0 atom stereocenters. The fourth-order valence-electron chi connectivity index (χ4n) is 0.968. The molecule has 0 nitrogen and oxygen atoms in total. The summed E-state index contributed by atoms with van der Waals surface area (Å²) in [5.74, 6) is 0. The van der Waals surface area contributed by atoms with Gasteiger partial charge in [-0.25, -0.2) is 0 Å². The van der Waals surface area contributed by atoms with Gasteiger partial charge in [-0.05, 0) is 5.56 Å². The zero-order chi connectivity index (χ0) is 11.4. The Morgan fingerprint density at radius 2 is 1.79 bits per heavy atom. The van der Waals surface area contributed by atoms with E-state index in [0.717, 1.165) is 6.07 Å². The van der Waals surface area contributed by atoms with Crippen LogP contribution in [0.1, 0.15) is 16.7 Å². The zero-order valence-corrected chi connectivity index (χ0v) is 12.2. The number of benzene rings is 1. The predicted octanol–water partition coefficient (Wildman–Crippen LogP) is 4.04. The molecule has 0 saturated carbocycles. The van der Waals surface area contributed by atoms with Crippen LogP contribution >= 0.6 is 13.6 Å². The first-order valence-corrected chi connectivity index (χ1v) is 10.6. The SMILES string of the molecule is [CH2-]c1c(C)cccc1C(F)(F)F.[Zn+][Br]. The number of hydrogen-bond donors (Lipinski definition) is 0. The monoisotopic (exact) mass is 316 g/mol. The van der Waals surface area contributed by atoms with Gasteiger partial charge in [0.05, 0.1) is 0 Å². The number of rotatable bonds is 0. The number of alkyl halides is 3. The zero-order valence-electron chi connectivity index (χ0n) is 7.66. The van der Waals surface area contributed by atoms with Gasteiger partial charge in [0.1, 0.15) is 0 Å². The Labute approximate surface area is 97.9 Å². The Balaban J connectivity index is 0.000000791. The van der Waals surface area contributed by atoms with Crippen molar-refractivity contribution in [2.75, 3.05) is 0 Å². The predicted molar refractivity (Wildman–Crippen MR) is 49.6 cm³/mol. The summed E-state index contributed by atoms with van der Waals surface area (Å²) in [4.78, 5) is 0. The normalized spacial score (nSPS) is 10.5. The van der Waals surface area contributed by atoms with Crippen molar-refractivity contribution in [1.29, 1.82) is 0 Å². The van der Waals surface area contributed by atoms with Crippen LogP contribution in [-0.4, -0.2) is 0 Å². The van der Waals surface area contributed by atoms with E-state index in [-0.39, 0.29) is 5.56 Å². The van der Waals surface area contributed by atoms with Gasteiger partial charge in [-0.15, -0.1) is 12.1 Å². The average Bonchev–Trinajstić information content (AvgIpc) is 2.11. The Hall–Kier alpha value is -0.0166. The van der Waals surface area contributed by atoms with Crippen LogP contribution in [0.4, 0.5) is 13.2 Å². The number of hydrogen-bond acceptors (Lipinski definition) is 0. The minimum atomic E-state index is -4.29. The topological polar surface area (TPSA) is 0 Å². The summed E-state index contributed by atoms with van der Waals surface area (Å²) in [5, 5.41) is 0. The molecule has 5 heteroatoms. The van der Waals surface area contributed by atoms with Gasteiger partial charge in [0.15, 0.2) is 0 Å².